The molecule has 1 aliphatic heterocycles. The van der Waals surface area contributed by atoms with Crippen LogP contribution in [-0.4, -0.2) is 33.3 Å². The Kier molecular flexibility index (Phi) is 3.92. The molecule has 0 aromatic carbocycles. The third-order valence-corrected chi connectivity index (χ3v) is 4.33. The molecule has 0 radical (unpaired) electrons. The third kappa shape index (κ3) is 2.51. The number of aliphatic carboxylic acids is 1. The van der Waals surface area contributed by atoms with Crippen molar-refractivity contribution in [1.29, 1.82) is 0 Å². The largest absolute Gasteiger partial charge is 0.479 e. The van der Waals surface area contributed by atoms with E-state index in [-0.39, 0.29) is 30.6 Å². The van der Waals surface area contributed by atoms with Gasteiger partial charge in [0.25, 0.3) is 0 Å². The van der Waals surface area contributed by atoms with E-state index in [1.165, 1.54) is 0 Å². The molecule has 106 valence electrons. The highest BCUT2D eigenvalue weighted by atomic mass is 16.4. The number of carboxylic acid groups (broad SMARTS) is 1. The van der Waals surface area contributed by atoms with Gasteiger partial charge in [0.15, 0.2) is 0 Å². The van der Waals surface area contributed by atoms with E-state index in [4.69, 9.17) is 0 Å². The monoisotopic (exact) mass is 267 g/mol. The van der Waals surface area contributed by atoms with E-state index in [1.54, 1.807) is 0 Å². The Morgan fingerprint density at radius 3 is 2.26 bits per heavy atom. The molecule has 1 saturated heterocycles. The highest BCUT2D eigenvalue weighted by Gasteiger charge is 2.51. The second-order valence-corrected chi connectivity index (χ2v) is 5.87. The standard InChI is InChI=1S/C14H21NO4/c1-10-5-4-8-14(9-10,13(18)19)15-11(16)6-2-3-7-12(15)17/h10H,2-9H2,1H3,(H,18,19). The molecular formula is C14H21NO4. The Balaban J connectivity index is 2.38. The molecule has 5 heteroatoms. The molecule has 2 amide bonds. The number of carboxylic acids is 1. The van der Waals surface area contributed by atoms with Gasteiger partial charge >= 0.3 is 5.97 Å². The Morgan fingerprint density at radius 2 is 1.79 bits per heavy atom. The minimum absolute atomic E-state index is 0.230. The zero-order valence-electron chi connectivity index (χ0n) is 11.4. The molecule has 19 heavy (non-hydrogen) atoms. The fourth-order valence-electron chi connectivity index (χ4n) is 3.41. The molecule has 1 saturated carbocycles. The lowest BCUT2D eigenvalue weighted by atomic mass is 9.75. The summed E-state index contributed by atoms with van der Waals surface area (Å²) >= 11 is 0. The molecule has 5 nitrogen and oxygen atoms in total. The summed E-state index contributed by atoms with van der Waals surface area (Å²) in [5.74, 6) is -1.41. The van der Waals surface area contributed by atoms with Crippen LogP contribution >= 0.6 is 0 Å². The van der Waals surface area contributed by atoms with Crippen LogP contribution in [0.5, 0.6) is 0 Å². The molecular weight excluding hydrogens is 246 g/mol. The first-order valence-corrected chi connectivity index (χ1v) is 7.06. The van der Waals surface area contributed by atoms with E-state index in [9.17, 15) is 19.5 Å². The number of rotatable bonds is 2. The second kappa shape index (κ2) is 5.31. The van der Waals surface area contributed by atoms with Gasteiger partial charge in [-0.25, -0.2) is 4.79 Å². The maximum atomic E-state index is 12.2. The Hall–Kier alpha value is -1.39. The normalized spacial score (nSPS) is 33.1. The summed E-state index contributed by atoms with van der Waals surface area (Å²) in [6, 6.07) is 0. The zero-order chi connectivity index (χ0) is 14.0. The molecule has 1 heterocycles. The van der Waals surface area contributed by atoms with Gasteiger partial charge in [-0.05, 0) is 31.6 Å². The molecule has 2 rings (SSSR count). The van der Waals surface area contributed by atoms with Gasteiger partial charge in [-0.3, -0.25) is 14.5 Å². The number of carbonyl (C=O) groups is 3. The summed E-state index contributed by atoms with van der Waals surface area (Å²) in [5.41, 5.74) is -1.30. The Morgan fingerprint density at radius 1 is 1.21 bits per heavy atom. The highest BCUT2D eigenvalue weighted by molar-refractivity contribution is 6.01. The molecule has 2 unspecified atom stereocenters. The number of carbonyl (C=O) groups excluding carboxylic acids is 2. The lowest BCUT2D eigenvalue weighted by molar-refractivity contribution is -0.169. The second-order valence-electron chi connectivity index (χ2n) is 5.87. The fraction of sp³-hybridized carbons (Fsp3) is 0.786. The average molecular weight is 267 g/mol. The van der Waals surface area contributed by atoms with Crippen molar-refractivity contribution in [1.82, 2.24) is 4.90 Å². The lowest BCUT2D eigenvalue weighted by Gasteiger charge is -2.43. The van der Waals surface area contributed by atoms with Gasteiger partial charge in [0.1, 0.15) is 5.54 Å². The summed E-state index contributed by atoms with van der Waals surface area (Å²) in [4.78, 5) is 37.2. The number of amides is 2. The van der Waals surface area contributed by atoms with E-state index < -0.39 is 11.5 Å². The van der Waals surface area contributed by atoms with E-state index in [0.29, 0.717) is 25.7 Å². The smallest absolute Gasteiger partial charge is 0.330 e. The van der Waals surface area contributed by atoms with Gasteiger partial charge < -0.3 is 5.11 Å². The van der Waals surface area contributed by atoms with Crippen LogP contribution in [0.1, 0.15) is 58.3 Å². The summed E-state index contributed by atoms with van der Waals surface area (Å²) in [6.07, 6.45) is 4.42. The number of hydrogen-bond donors (Lipinski definition) is 1. The van der Waals surface area contributed by atoms with Crippen LogP contribution < -0.4 is 0 Å². The van der Waals surface area contributed by atoms with E-state index in [0.717, 1.165) is 17.7 Å². The quantitative estimate of drug-likeness (QED) is 0.776. The minimum atomic E-state index is -1.30. The van der Waals surface area contributed by atoms with Crippen LogP contribution in [-0.2, 0) is 14.4 Å². The number of likely N-dealkylation sites (tertiary alicyclic amines) is 1. The van der Waals surface area contributed by atoms with Crippen molar-refractivity contribution >= 4 is 17.8 Å². The number of hydrogen-bond acceptors (Lipinski definition) is 3. The Bertz CT molecular complexity index is 388. The van der Waals surface area contributed by atoms with E-state index in [1.807, 2.05) is 6.92 Å². The first-order chi connectivity index (χ1) is 8.97. The van der Waals surface area contributed by atoms with Crippen LogP contribution in [0.4, 0.5) is 0 Å². The zero-order valence-corrected chi connectivity index (χ0v) is 11.4. The predicted molar refractivity (Wildman–Crippen MR) is 68.3 cm³/mol. The van der Waals surface area contributed by atoms with Crippen LogP contribution in [0.2, 0.25) is 0 Å². The summed E-state index contributed by atoms with van der Waals surface area (Å²) in [6.45, 7) is 1.99. The number of imide groups is 1. The van der Waals surface area contributed by atoms with Crippen LogP contribution in [0.25, 0.3) is 0 Å². The molecule has 0 aromatic rings. The summed E-state index contributed by atoms with van der Waals surface area (Å²) in [7, 11) is 0. The van der Waals surface area contributed by atoms with Gasteiger partial charge in [-0.2, -0.15) is 0 Å². The van der Waals surface area contributed by atoms with Gasteiger partial charge in [0.2, 0.25) is 11.8 Å². The molecule has 2 fully saturated rings. The van der Waals surface area contributed by atoms with E-state index in [2.05, 4.69) is 0 Å². The van der Waals surface area contributed by atoms with E-state index >= 15 is 0 Å². The van der Waals surface area contributed by atoms with Crippen molar-refractivity contribution in [3.05, 3.63) is 0 Å². The fourth-order valence-corrected chi connectivity index (χ4v) is 3.41. The summed E-state index contributed by atoms with van der Waals surface area (Å²) in [5, 5.41) is 9.64. The maximum Gasteiger partial charge on any atom is 0.330 e. The van der Waals surface area contributed by atoms with Crippen molar-refractivity contribution in [2.24, 2.45) is 5.92 Å². The SMILES string of the molecule is CC1CCCC(C(=O)O)(N2C(=O)CCCCC2=O)C1. The number of nitrogens with zero attached hydrogens (tertiary/aromatic N) is 1. The van der Waals surface area contributed by atoms with Crippen molar-refractivity contribution in [3.63, 3.8) is 0 Å². The van der Waals surface area contributed by atoms with Crippen molar-refractivity contribution in [2.45, 2.75) is 63.8 Å². The van der Waals surface area contributed by atoms with Crippen LogP contribution in [0.15, 0.2) is 0 Å². The first kappa shape index (κ1) is 14.0. The Labute approximate surface area is 113 Å². The van der Waals surface area contributed by atoms with Crippen molar-refractivity contribution in [3.8, 4) is 0 Å². The lowest BCUT2D eigenvalue weighted by Crippen LogP contribution is -2.60. The predicted octanol–water partition coefficient (Wildman–Crippen LogP) is 1.95. The van der Waals surface area contributed by atoms with Gasteiger partial charge in [0.05, 0.1) is 0 Å². The van der Waals surface area contributed by atoms with Gasteiger partial charge in [0, 0.05) is 12.8 Å². The maximum absolute atomic E-state index is 12.2. The van der Waals surface area contributed by atoms with Crippen molar-refractivity contribution in [2.75, 3.05) is 0 Å². The van der Waals surface area contributed by atoms with Crippen LogP contribution in [0.3, 0.4) is 0 Å². The molecule has 0 bridgehead atoms. The van der Waals surface area contributed by atoms with Crippen LogP contribution in [0, 0.1) is 5.92 Å². The van der Waals surface area contributed by atoms with Crippen molar-refractivity contribution < 1.29 is 19.5 Å². The molecule has 1 aliphatic carbocycles. The topological polar surface area (TPSA) is 74.7 Å². The molecule has 1 N–H and O–H groups in total. The molecule has 2 atom stereocenters. The third-order valence-electron chi connectivity index (χ3n) is 4.33. The molecule has 2 aliphatic rings. The first-order valence-electron chi connectivity index (χ1n) is 7.06. The average Bonchev–Trinajstić information content (AvgIpc) is 2.50. The molecule has 0 spiro atoms. The highest BCUT2D eigenvalue weighted by Crippen LogP contribution is 2.39. The summed E-state index contributed by atoms with van der Waals surface area (Å²) < 4.78 is 0. The minimum Gasteiger partial charge on any atom is -0.479 e. The van der Waals surface area contributed by atoms with Gasteiger partial charge in [-0.1, -0.05) is 19.8 Å². The van der Waals surface area contributed by atoms with Gasteiger partial charge in [-0.15, -0.1) is 0 Å². The molecule has 0 aromatic heterocycles.